The fourth-order valence-corrected chi connectivity index (χ4v) is 1.74. The van der Waals surface area contributed by atoms with Crippen molar-refractivity contribution in [2.75, 3.05) is 0 Å². The average Bonchev–Trinajstić information content (AvgIpc) is 2.37. The lowest BCUT2D eigenvalue weighted by atomic mass is 10.1. The molecule has 0 fully saturated rings. The van der Waals surface area contributed by atoms with Gasteiger partial charge >= 0.3 is 0 Å². The van der Waals surface area contributed by atoms with E-state index < -0.39 is 0 Å². The van der Waals surface area contributed by atoms with Gasteiger partial charge < -0.3 is 9.84 Å². The topological polar surface area (TPSA) is 29.5 Å². The molecule has 17 heavy (non-hydrogen) atoms. The molecule has 0 radical (unpaired) electrons. The zero-order valence-electron chi connectivity index (χ0n) is 9.89. The second kappa shape index (κ2) is 5.51. The Kier molecular flexibility index (Phi) is 3.78. The maximum atomic E-state index is 9.18. The van der Waals surface area contributed by atoms with E-state index in [2.05, 4.69) is 19.1 Å². The Morgan fingerprint density at radius 2 is 1.88 bits per heavy atom. The van der Waals surface area contributed by atoms with Crippen LogP contribution < -0.4 is 4.74 Å². The predicted octanol–water partition coefficient (Wildman–Crippen LogP) is 3.07. The van der Waals surface area contributed by atoms with Crippen LogP contribution in [-0.2, 0) is 13.2 Å². The fraction of sp³-hybridized carbons (Fsp3) is 0.200. The van der Waals surface area contributed by atoms with Crippen molar-refractivity contribution in [1.82, 2.24) is 0 Å². The van der Waals surface area contributed by atoms with E-state index in [1.54, 1.807) is 0 Å². The van der Waals surface area contributed by atoms with Crippen LogP contribution in [0.1, 0.15) is 16.7 Å². The molecular formula is C15H16O2. The molecule has 0 heterocycles. The first-order valence-corrected chi connectivity index (χ1v) is 5.66. The molecule has 0 unspecified atom stereocenters. The molecule has 2 aromatic rings. The maximum absolute atomic E-state index is 9.18. The van der Waals surface area contributed by atoms with Gasteiger partial charge in [0, 0.05) is 5.56 Å². The Balaban J connectivity index is 2.07. The van der Waals surface area contributed by atoms with Crippen molar-refractivity contribution in [3.8, 4) is 5.75 Å². The lowest BCUT2D eigenvalue weighted by molar-refractivity contribution is 0.259. The van der Waals surface area contributed by atoms with E-state index >= 15 is 0 Å². The van der Waals surface area contributed by atoms with Crippen molar-refractivity contribution in [2.45, 2.75) is 20.1 Å². The second-order valence-electron chi connectivity index (χ2n) is 4.04. The number of para-hydroxylation sites is 1. The third-order valence-corrected chi connectivity index (χ3v) is 2.62. The van der Waals surface area contributed by atoms with Crippen LogP contribution in [0.5, 0.6) is 5.75 Å². The average molecular weight is 228 g/mol. The number of ether oxygens (including phenoxy) is 1. The Morgan fingerprint density at radius 1 is 1.06 bits per heavy atom. The standard InChI is InChI=1S/C15H16O2/c1-12-5-4-6-13(9-12)11-17-15-8-3-2-7-14(15)10-16/h2-9,16H,10-11H2,1H3. The smallest absolute Gasteiger partial charge is 0.125 e. The van der Waals surface area contributed by atoms with E-state index in [-0.39, 0.29) is 6.61 Å². The van der Waals surface area contributed by atoms with Crippen molar-refractivity contribution in [3.63, 3.8) is 0 Å². The van der Waals surface area contributed by atoms with Crippen LogP contribution in [0.3, 0.4) is 0 Å². The first-order chi connectivity index (χ1) is 8.29. The fourth-order valence-electron chi connectivity index (χ4n) is 1.74. The van der Waals surface area contributed by atoms with E-state index in [1.165, 1.54) is 5.56 Å². The molecule has 0 amide bonds. The summed E-state index contributed by atoms with van der Waals surface area (Å²) < 4.78 is 5.71. The Labute approximate surface area is 101 Å². The summed E-state index contributed by atoms with van der Waals surface area (Å²) in [5, 5.41) is 9.18. The number of aliphatic hydroxyl groups excluding tert-OH is 1. The highest BCUT2D eigenvalue weighted by Gasteiger charge is 2.01. The zero-order valence-corrected chi connectivity index (χ0v) is 9.89. The van der Waals surface area contributed by atoms with Gasteiger partial charge in [-0.2, -0.15) is 0 Å². The number of benzene rings is 2. The molecule has 2 aromatic carbocycles. The van der Waals surface area contributed by atoms with E-state index in [0.29, 0.717) is 6.61 Å². The van der Waals surface area contributed by atoms with Gasteiger partial charge in [-0.25, -0.2) is 0 Å². The molecule has 0 aliphatic rings. The molecule has 0 saturated carbocycles. The van der Waals surface area contributed by atoms with Crippen LogP contribution in [0.4, 0.5) is 0 Å². The molecule has 0 aliphatic carbocycles. The number of aliphatic hydroxyl groups is 1. The molecule has 2 heteroatoms. The summed E-state index contributed by atoms with van der Waals surface area (Å²) in [6, 6.07) is 15.8. The summed E-state index contributed by atoms with van der Waals surface area (Å²) in [6.07, 6.45) is 0. The molecule has 0 aromatic heterocycles. The van der Waals surface area contributed by atoms with Crippen molar-refractivity contribution in [1.29, 1.82) is 0 Å². The van der Waals surface area contributed by atoms with Crippen LogP contribution in [-0.4, -0.2) is 5.11 Å². The maximum Gasteiger partial charge on any atom is 0.125 e. The monoisotopic (exact) mass is 228 g/mol. The third-order valence-electron chi connectivity index (χ3n) is 2.62. The number of hydrogen-bond acceptors (Lipinski definition) is 2. The minimum atomic E-state index is 0.00396. The number of aryl methyl sites for hydroxylation is 1. The van der Waals surface area contributed by atoms with Crippen molar-refractivity contribution < 1.29 is 9.84 Å². The zero-order chi connectivity index (χ0) is 12.1. The van der Waals surface area contributed by atoms with Gasteiger partial charge in [-0.1, -0.05) is 48.0 Å². The molecule has 0 bridgehead atoms. The molecule has 88 valence electrons. The highest BCUT2D eigenvalue weighted by Crippen LogP contribution is 2.19. The predicted molar refractivity (Wildman–Crippen MR) is 67.9 cm³/mol. The number of hydrogen-bond donors (Lipinski definition) is 1. The first kappa shape index (κ1) is 11.7. The van der Waals surface area contributed by atoms with Gasteiger partial charge in [0.2, 0.25) is 0 Å². The summed E-state index contributed by atoms with van der Waals surface area (Å²) >= 11 is 0. The van der Waals surface area contributed by atoms with Gasteiger partial charge in [-0.3, -0.25) is 0 Å². The molecule has 0 atom stereocenters. The van der Waals surface area contributed by atoms with Gasteiger partial charge in [0.05, 0.1) is 6.61 Å². The normalized spacial score (nSPS) is 10.2. The van der Waals surface area contributed by atoms with Crippen LogP contribution in [0.15, 0.2) is 48.5 Å². The number of rotatable bonds is 4. The molecule has 0 spiro atoms. The van der Waals surface area contributed by atoms with E-state index in [1.807, 2.05) is 36.4 Å². The Morgan fingerprint density at radius 3 is 2.65 bits per heavy atom. The van der Waals surface area contributed by atoms with Crippen molar-refractivity contribution in [2.24, 2.45) is 0 Å². The lowest BCUT2D eigenvalue weighted by Gasteiger charge is -2.10. The van der Waals surface area contributed by atoms with Crippen molar-refractivity contribution in [3.05, 3.63) is 65.2 Å². The largest absolute Gasteiger partial charge is 0.489 e. The van der Waals surface area contributed by atoms with Gasteiger partial charge in [0.15, 0.2) is 0 Å². The minimum Gasteiger partial charge on any atom is -0.489 e. The second-order valence-corrected chi connectivity index (χ2v) is 4.04. The SMILES string of the molecule is Cc1cccc(COc2ccccc2CO)c1. The lowest BCUT2D eigenvalue weighted by Crippen LogP contribution is -1.98. The van der Waals surface area contributed by atoms with Gasteiger partial charge in [-0.15, -0.1) is 0 Å². The third kappa shape index (κ3) is 3.08. The summed E-state index contributed by atoms with van der Waals surface area (Å²) in [6.45, 7) is 2.59. The van der Waals surface area contributed by atoms with Gasteiger partial charge in [-0.05, 0) is 18.6 Å². The quantitative estimate of drug-likeness (QED) is 0.871. The molecule has 0 aliphatic heterocycles. The van der Waals surface area contributed by atoms with Gasteiger partial charge in [0.1, 0.15) is 12.4 Å². The van der Waals surface area contributed by atoms with Crippen LogP contribution in [0.2, 0.25) is 0 Å². The summed E-state index contributed by atoms with van der Waals surface area (Å²) in [5.41, 5.74) is 3.18. The summed E-state index contributed by atoms with van der Waals surface area (Å²) in [7, 11) is 0. The minimum absolute atomic E-state index is 0.00396. The summed E-state index contributed by atoms with van der Waals surface area (Å²) in [4.78, 5) is 0. The molecule has 1 N–H and O–H groups in total. The van der Waals surface area contributed by atoms with E-state index in [0.717, 1.165) is 16.9 Å². The van der Waals surface area contributed by atoms with Crippen LogP contribution in [0, 0.1) is 6.92 Å². The van der Waals surface area contributed by atoms with E-state index in [9.17, 15) is 5.11 Å². The molecule has 2 rings (SSSR count). The Bertz CT molecular complexity index is 492. The highest BCUT2D eigenvalue weighted by atomic mass is 16.5. The van der Waals surface area contributed by atoms with Crippen LogP contribution >= 0.6 is 0 Å². The molecule has 0 saturated heterocycles. The molecular weight excluding hydrogens is 212 g/mol. The van der Waals surface area contributed by atoms with Crippen LogP contribution in [0.25, 0.3) is 0 Å². The highest BCUT2D eigenvalue weighted by molar-refractivity contribution is 5.33. The molecule has 2 nitrogen and oxygen atoms in total. The summed E-state index contributed by atoms with van der Waals surface area (Å²) in [5.74, 6) is 0.747. The van der Waals surface area contributed by atoms with E-state index in [4.69, 9.17) is 4.74 Å². The van der Waals surface area contributed by atoms with Gasteiger partial charge in [0.25, 0.3) is 0 Å². The Hall–Kier alpha value is -1.80. The van der Waals surface area contributed by atoms with Crippen molar-refractivity contribution >= 4 is 0 Å². The first-order valence-electron chi connectivity index (χ1n) is 5.66.